The number of rotatable bonds is 6. The minimum absolute atomic E-state index is 0.213. The zero-order chi connectivity index (χ0) is 18.5. The van der Waals surface area contributed by atoms with Gasteiger partial charge >= 0.3 is 0 Å². The second-order valence-electron chi connectivity index (χ2n) is 5.58. The lowest BCUT2D eigenvalue weighted by atomic mass is 10.0. The molecule has 0 aliphatic rings. The number of ketones is 1. The smallest absolute Gasteiger partial charge is 0.196 e. The van der Waals surface area contributed by atoms with E-state index >= 15 is 0 Å². The van der Waals surface area contributed by atoms with E-state index in [1.54, 1.807) is 54.9 Å². The van der Waals surface area contributed by atoms with E-state index in [0.717, 1.165) is 5.82 Å². The summed E-state index contributed by atoms with van der Waals surface area (Å²) in [7, 11) is 0. The van der Waals surface area contributed by atoms with E-state index in [4.69, 9.17) is 35.4 Å². The van der Waals surface area contributed by atoms with Crippen LogP contribution in [0.3, 0.4) is 0 Å². The number of carbonyl (C=O) groups excluding carboxylic acids is 1. The molecule has 0 aliphatic heterocycles. The van der Waals surface area contributed by atoms with Crippen molar-refractivity contribution in [3.8, 4) is 0 Å². The van der Waals surface area contributed by atoms with E-state index in [9.17, 15) is 4.79 Å². The topological polar surface area (TPSA) is 57.8 Å². The highest BCUT2D eigenvalue weighted by molar-refractivity contribution is 7.80. The summed E-state index contributed by atoms with van der Waals surface area (Å²) >= 11 is 17.7. The summed E-state index contributed by atoms with van der Waals surface area (Å²) in [6.07, 6.45) is 4.75. The number of hydrogen-bond donors (Lipinski definition) is 2. The molecule has 0 spiro atoms. The summed E-state index contributed by atoms with van der Waals surface area (Å²) in [5.74, 6) is 0.645. The normalized spacial score (nSPS) is 10.5. The predicted molar refractivity (Wildman–Crippen MR) is 109 cm³/mol. The number of aryl methyl sites for hydroxylation is 1. The molecule has 0 aliphatic carbocycles. The highest BCUT2D eigenvalue weighted by atomic mass is 35.5. The van der Waals surface area contributed by atoms with Crippen LogP contribution in [0.4, 0.5) is 5.69 Å². The Hall–Kier alpha value is -2.21. The number of anilines is 1. The van der Waals surface area contributed by atoms with Gasteiger partial charge in [-0.15, -0.1) is 0 Å². The van der Waals surface area contributed by atoms with Gasteiger partial charge in [0.2, 0.25) is 0 Å². The molecule has 7 heteroatoms. The number of aromatic amines is 1. The van der Waals surface area contributed by atoms with Gasteiger partial charge in [0.1, 0.15) is 5.82 Å². The molecule has 2 aromatic carbocycles. The largest absolute Gasteiger partial charge is 0.349 e. The van der Waals surface area contributed by atoms with Crippen molar-refractivity contribution in [1.29, 1.82) is 0 Å². The Kier molecular flexibility index (Phi) is 6.04. The number of hydrogen-bond acceptors (Lipinski definition) is 3. The first-order valence-corrected chi connectivity index (χ1v) is 9.08. The Morgan fingerprint density at radius 2 is 1.96 bits per heavy atom. The average Bonchev–Trinajstić information content (AvgIpc) is 3.15. The number of aromatic nitrogens is 2. The summed E-state index contributed by atoms with van der Waals surface area (Å²) in [5.41, 5.74) is 1.44. The number of benzene rings is 2. The minimum Gasteiger partial charge on any atom is -0.349 e. The number of thiocarbonyl (C=S) groups is 1. The molecule has 0 fully saturated rings. The summed E-state index contributed by atoms with van der Waals surface area (Å²) in [5, 5.41) is 4.00. The molecule has 0 bridgehead atoms. The molecule has 0 unspecified atom stereocenters. The van der Waals surface area contributed by atoms with Crippen LogP contribution in [-0.4, -0.2) is 20.7 Å². The van der Waals surface area contributed by atoms with Gasteiger partial charge < -0.3 is 10.3 Å². The van der Waals surface area contributed by atoms with Crippen molar-refractivity contribution in [1.82, 2.24) is 9.97 Å². The zero-order valence-corrected chi connectivity index (χ0v) is 16.0. The van der Waals surface area contributed by atoms with Crippen LogP contribution < -0.4 is 5.32 Å². The van der Waals surface area contributed by atoms with Gasteiger partial charge in [-0.1, -0.05) is 47.6 Å². The van der Waals surface area contributed by atoms with Gasteiger partial charge in [-0.05, 0) is 30.3 Å². The standard InChI is InChI=1S/C19H15Cl2N3OS/c20-12-5-6-16(24-18(26)8-7-17-22-9-10-23-17)14(11-12)19(25)13-3-1-2-4-15(13)21/h1-6,9-11H,7-8H2,(H,22,23)(H,24,26). The van der Waals surface area contributed by atoms with Crippen molar-refractivity contribution in [3.05, 3.63) is 81.9 Å². The molecule has 2 N–H and O–H groups in total. The van der Waals surface area contributed by atoms with E-state index in [1.165, 1.54) is 0 Å². The van der Waals surface area contributed by atoms with Gasteiger partial charge in [0, 0.05) is 41.4 Å². The van der Waals surface area contributed by atoms with Crippen LogP contribution in [0.15, 0.2) is 54.9 Å². The van der Waals surface area contributed by atoms with Gasteiger partial charge in [-0.2, -0.15) is 0 Å². The zero-order valence-electron chi connectivity index (χ0n) is 13.6. The van der Waals surface area contributed by atoms with E-state index in [1.807, 2.05) is 0 Å². The van der Waals surface area contributed by atoms with Crippen molar-refractivity contribution in [3.63, 3.8) is 0 Å². The molecule has 1 heterocycles. The van der Waals surface area contributed by atoms with Crippen molar-refractivity contribution < 1.29 is 4.79 Å². The fourth-order valence-electron chi connectivity index (χ4n) is 2.48. The maximum absolute atomic E-state index is 12.9. The molecule has 0 radical (unpaired) electrons. The van der Waals surface area contributed by atoms with Crippen LogP contribution in [0, 0.1) is 0 Å². The predicted octanol–water partition coefficient (Wildman–Crippen LogP) is 5.32. The second kappa shape index (κ2) is 8.45. The molecule has 0 saturated carbocycles. The van der Waals surface area contributed by atoms with E-state index in [2.05, 4.69) is 15.3 Å². The Morgan fingerprint density at radius 3 is 2.69 bits per heavy atom. The fourth-order valence-corrected chi connectivity index (χ4v) is 3.09. The van der Waals surface area contributed by atoms with E-state index in [0.29, 0.717) is 44.7 Å². The van der Waals surface area contributed by atoms with Crippen LogP contribution in [0.25, 0.3) is 0 Å². The third kappa shape index (κ3) is 4.49. The molecule has 26 heavy (non-hydrogen) atoms. The van der Waals surface area contributed by atoms with E-state index < -0.39 is 0 Å². The first-order valence-electron chi connectivity index (χ1n) is 7.91. The lowest BCUT2D eigenvalue weighted by molar-refractivity contribution is 0.103. The van der Waals surface area contributed by atoms with Gasteiger partial charge in [-0.25, -0.2) is 4.98 Å². The highest BCUT2D eigenvalue weighted by Crippen LogP contribution is 2.27. The molecule has 1 aromatic heterocycles. The monoisotopic (exact) mass is 403 g/mol. The average molecular weight is 404 g/mol. The first-order chi connectivity index (χ1) is 12.5. The lowest BCUT2D eigenvalue weighted by Crippen LogP contribution is -2.14. The number of imidazole rings is 1. The summed E-state index contributed by atoms with van der Waals surface area (Å²) in [6.45, 7) is 0. The third-order valence-electron chi connectivity index (χ3n) is 3.76. The van der Waals surface area contributed by atoms with Gasteiger partial charge in [0.25, 0.3) is 0 Å². The molecular formula is C19H15Cl2N3OS. The maximum Gasteiger partial charge on any atom is 0.196 e. The summed E-state index contributed by atoms with van der Waals surface area (Å²) in [6, 6.07) is 12.0. The van der Waals surface area contributed by atoms with Gasteiger partial charge in [0.15, 0.2) is 5.78 Å². The number of nitrogens with one attached hydrogen (secondary N) is 2. The van der Waals surface area contributed by atoms with Gasteiger partial charge in [0.05, 0.1) is 15.7 Å². The van der Waals surface area contributed by atoms with Crippen molar-refractivity contribution in [2.24, 2.45) is 0 Å². The molecular weight excluding hydrogens is 389 g/mol. The van der Waals surface area contributed by atoms with Crippen LogP contribution in [0.1, 0.15) is 28.2 Å². The number of nitrogens with zero attached hydrogens (tertiary/aromatic N) is 1. The number of H-pyrrole nitrogens is 1. The summed E-state index contributed by atoms with van der Waals surface area (Å²) in [4.78, 5) is 20.7. The van der Waals surface area contributed by atoms with Gasteiger partial charge in [-0.3, -0.25) is 4.79 Å². The van der Waals surface area contributed by atoms with Crippen molar-refractivity contribution >= 4 is 51.9 Å². The SMILES string of the molecule is O=C(c1ccccc1Cl)c1cc(Cl)ccc1NC(=S)CCc1ncc[nH]1. The second-order valence-corrected chi connectivity index (χ2v) is 6.92. The summed E-state index contributed by atoms with van der Waals surface area (Å²) < 4.78 is 0. The Labute approximate surface area is 166 Å². The molecule has 0 atom stereocenters. The molecule has 0 saturated heterocycles. The molecule has 4 nitrogen and oxygen atoms in total. The van der Waals surface area contributed by atoms with Crippen LogP contribution >= 0.6 is 35.4 Å². The molecule has 132 valence electrons. The quantitative estimate of drug-likeness (QED) is 0.431. The molecule has 3 rings (SSSR count). The Bertz CT molecular complexity index is 942. The van der Waals surface area contributed by atoms with Crippen molar-refractivity contribution in [2.75, 3.05) is 5.32 Å². The Morgan fingerprint density at radius 1 is 1.15 bits per heavy atom. The Balaban J connectivity index is 1.80. The lowest BCUT2D eigenvalue weighted by Gasteiger charge is -2.13. The molecule has 0 amide bonds. The minimum atomic E-state index is -0.213. The van der Waals surface area contributed by atoms with E-state index in [-0.39, 0.29) is 5.78 Å². The number of halogens is 2. The number of carbonyl (C=O) groups is 1. The first kappa shape index (κ1) is 18.6. The van der Waals surface area contributed by atoms with Crippen LogP contribution in [0.5, 0.6) is 0 Å². The van der Waals surface area contributed by atoms with Crippen LogP contribution in [0.2, 0.25) is 10.0 Å². The van der Waals surface area contributed by atoms with Crippen molar-refractivity contribution in [2.45, 2.75) is 12.8 Å². The maximum atomic E-state index is 12.9. The highest BCUT2D eigenvalue weighted by Gasteiger charge is 2.17. The van der Waals surface area contributed by atoms with Crippen LogP contribution in [-0.2, 0) is 6.42 Å². The fraction of sp³-hybridized carbons (Fsp3) is 0.105. The molecule has 3 aromatic rings. The third-order valence-corrected chi connectivity index (χ3v) is 4.63.